The number of hydrogen-bond acceptors (Lipinski definition) is 3. The molecule has 1 aliphatic rings. The van der Waals surface area contributed by atoms with Gasteiger partial charge in [-0.2, -0.15) is 0 Å². The van der Waals surface area contributed by atoms with Gasteiger partial charge in [-0.3, -0.25) is 0 Å². The molecule has 1 N–H and O–H groups in total. The fourth-order valence-electron chi connectivity index (χ4n) is 2.19. The molecule has 0 aromatic heterocycles. The molecule has 3 heteroatoms. The van der Waals surface area contributed by atoms with Crippen molar-refractivity contribution in [3.63, 3.8) is 0 Å². The zero-order valence-electron chi connectivity index (χ0n) is 10.5. The Bertz CT molecular complexity index is 385. The highest BCUT2D eigenvalue weighted by atomic mass is 16.5. The third kappa shape index (κ3) is 2.61. The average Bonchev–Trinajstić information content (AvgIpc) is 2.36. The van der Waals surface area contributed by atoms with Crippen molar-refractivity contribution in [2.24, 2.45) is 0 Å². The number of ether oxygens (including phenoxy) is 2. The van der Waals surface area contributed by atoms with Crippen LogP contribution in [0, 0.1) is 0 Å². The summed E-state index contributed by atoms with van der Waals surface area (Å²) in [5, 5.41) is 10.5. The number of rotatable bonds is 4. The van der Waals surface area contributed by atoms with Crippen LogP contribution in [0.1, 0.15) is 31.4 Å². The molecule has 0 saturated carbocycles. The minimum Gasteiger partial charge on any atom is -0.493 e. The fraction of sp³-hybridized carbons (Fsp3) is 0.571. The topological polar surface area (TPSA) is 38.7 Å². The molecule has 0 bridgehead atoms. The van der Waals surface area contributed by atoms with Gasteiger partial charge in [0.05, 0.1) is 13.2 Å². The Hall–Kier alpha value is -1.06. The van der Waals surface area contributed by atoms with Crippen molar-refractivity contribution >= 4 is 0 Å². The molecule has 1 aromatic rings. The average molecular weight is 236 g/mol. The van der Waals surface area contributed by atoms with Gasteiger partial charge in [0.1, 0.15) is 11.4 Å². The first-order valence-corrected chi connectivity index (χ1v) is 6.20. The van der Waals surface area contributed by atoms with E-state index in [1.807, 2.05) is 19.1 Å². The quantitative estimate of drug-likeness (QED) is 0.871. The fourth-order valence-corrected chi connectivity index (χ4v) is 2.19. The summed E-state index contributed by atoms with van der Waals surface area (Å²) in [5.74, 6) is 0.850. The van der Waals surface area contributed by atoms with Crippen molar-refractivity contribution in [2.45, 2.75) is 32.3 Å². The Balaban J connectivity index is 2.31. The molecule has 1 aromatic carbocycles. The number of benzene rings is 1. The predicted octanol–water partition coefficient (Wildman–Crippen LogP) is 2.26. The molecule has 0 aliphatic carbocycles. The van der Waals surface area contributed by atoms with Crippen molar-refractivity contribution in [1.82, 2.24) is 0 Å². The first-order valence-electron chi connectivity index (χ1n) is 6.20. The van der Waals surface area contributed by atoms with Crippen LogP contribution < -0.4 is 4.74 Å². The number of hydrogen-bond donors (Lipinski definition) is 1. The Labute approximate surface area is 102 Å². The summed E-state index contributed by atoms with van der Waals surface area (Å²) in [7, 11) is 0. The van der Waals surface area contributed by atoms with Gasteiger partial charge < -0.3 is 14.6 Å². The van der Waals surface area contributed by atoms with Crippen molar-refractivity contribution in [2.75, 3.05) is 19.8 Å². The third-order valence-electron chi connectivity index (χ3n) is 3.10. The molecule has 0 radical (unpaired) electrons. The van der Waals surface area contributed by atoms with Crippen LogP contribution in [0.25, 0.3) is 0 Å². The van der Waals surface area contributed by atoms with Crippen LogP contribution >= 0.6 is 0 Å². The van der Waals surface area contributed by atoms with E-state index >= 15 is 0 Å². The smallest absolute Gasteiger partial charge is 0.128 e. The number of fused-ring (bicyclic) bond motifs is 1. The Morgan fingerprint density at radius 2 is 2.29 bits per heavy atom. The molecule has 0 spiro atoms. The van der Waals surface area contributed by atoms with Crippen molar-refractivity contribution in [1.29, 1.82) is 0 Å². The lowest BCUT2D eigenvalue weighted by Gasteiger charge is -2.29. The van der Waals surface area contributed by atoms with E-state index in [-0.39, 0.29) is 0 Å². The molecule has 1 heterocycles. The summed E-state index contributed by atoms with van der Waals surface area (Å²) in [6.07, 6.45) is 2.07. The highest BCUT2D eigenvalue weighted by Gasteiger charge is 2.29. The number of aryl methyl sites for hydroxylation is 1. The van der Waals surface area contributed by atoms with Gasteiger partial charge in [0, 0.05) is 12.2 Å². The highest BCUT2D eigenvalue weighted by Crippen LogP contribution is 2.35. The molecule has 2 rings (SSSR count). The van der Waals surface area contributed by atoms with Crippen molar-refractivity contribution in [3.8, 4) is 5.75 Å². The molecule has 0 fully saturated rings. The van der Waals surface area contributed by atoms with Crippen LogP contribution in [0.15, 0.2) is 18.2 Å². The van der Waals surface area contributed by atoms with Gasteiger partial charge in [0.2, 0.25) is 0 Å². The lowest BCUT2D eigenvalue weighted by atomic mass is 9.92. The van der Waals surface area contributed by atoms with Gasteiger partial charge >= 0.3 is 0 Å². The molecule has 1 atom stereocenters. The molecule has 94 valence electrons. The largest absolute Gasteiger partial charge is 0.493 e. The van der Waals surface area contributed by atoms with E-state index < -0.39 is 5.60 Å². The van der Waals surface area contributed by atoms with Gasteiger partial charge in [-0.25, -0.2) is 0 Å². The van der Waals surface area contributed by atoms with E-state index in [1.165, 1.54) is 5.56 Å². The summed E-state index contributed by atoms with van der Waals surface area (Å²) < 4.78 is 11.0. The maximum atomic E-state index is 10.5. The summed E-state index contributed by atoms with van der Waals surface area (Å²) in [4.78, 5) is 0. The highest BCUT2D eigenvalue weighted by molar-refractivity contribution is 5.45. The maximum absolute atomic E-state index is 10.5. The summed E-state index contributed by atoms with van der Waals surface area (Å²) in [5.41, 5.74) is 1.03. The SMILES string of the molecule is CCOCC(C)(O)c1cccc2c1OCCC2. The molecule has 1 aliphatic heterocycles. The minimum atomic E-state index is -0.987. The third-order valence-corrected chi connectivity index (χ3v) is 3.10. The van der Waals surface area contributed by atoms with Crippen LogP contribution in [0.3, 0.4) is 0 Å². The molecular weight excluding hydrogens is 216 g/mol. The maximum Gasteiger partial charge on any atom is 0.128 e. The molecule has 0 amide bonds. The van der Waals surface area contributed by atoms with E-state index in [4.69, 9.17) is 9.47 Å². The number of para-hydroxylation sites is 1. The van der Waals surface area contributed by atoms with Crippen LogP contribution in [-0.2, 0) is 16.8 Å². The second-order valence-corrected chi connectivity index (χ2v) is 4.66. The Morgan fingerprint density at radius 3 is 3.06 bits per heavy atom. The summed E-state index contributed by atoms with van der Waals surface area (Å²) >= 11 is 0. The normalized spacial score (nSPS) is 18.1. The van der Waals surface area contributed by atoms with Crippen LogP contribution in [0.4, 0.5) is 0 Å². The monoisotopic (exact) mass is 236 g/mol. The lowest BCUT2D eigenvalue weighted by molar-refractivity contribution is -0.0361. The standard InChI is InChI=1S/C14H20O3/c1-3-16-10-14(2,15)12-8-4-6-11-7-5-9-17-13(11)12/h4,6,8,15H,3,5,7,9-10H2,1-2H3. The second kappa shape index (κ2) is 5.07. The van der Waals surface area contributed by atoms with E-state index in [2.05, 4.69) is 6.07 Å². The van der Waals surface area contributed by atoms with Gasteiger partial charge in [-0.15, -0.1) is 0 Å². The zero-order valence-corrected chi connectivity index (χ0v) is 10.5. The Kier molecular flexibility index (Phi) is 3.69. The molecular formula is C14H20O3. The second-order valence-electron chi connectivity index (χ2n) is 4.66. The van der Waals surface area contributed by atoms with E-state index in [1.54, 1.807) is 6.92 Å². The van der Waals surface area contributed by atoms with Gasteiger partial charge in [0.25, 0.3) is 0 Å². The first kappa shape index (κ1) is 12.4. The summed E-state index contributed by atoms with van der Waals surface area (Å²) in [6, 6.07) is 5.96. The zero-order chi connectivity index (χ0) is 12.3. The van der Waals surface area contributed by atoms with Gasteiger partial charge in [-0.1, -0.05) is 18.2 Å². The Morgan fingerprint density at radius 1 is 1.47 bits per heavy atom. The van der Waals surface area contributed by atoms with Gasteiger partial charge in [-0.05, 0) is 32.3 Å². The molecule has 0 saturated heterocycles. The first-order chi connectivity index (χ1) is 8.15. The van der Waals surface area contributed by atoms with Crippen LogP contribution in [0.2, 0.25) is 0 Å². The van der Waals surface area contributed by atoms with Crippen molar-refractivity contribution in [3.05, 3.63) is 29.3 Å². The van der Waals surface area contributed by atoms with Crippen LogP contribution in [0.5, 0.6) is 5.75 Å². The number of aliphatic hydroxyl groups is 1. The minimum absolute atomic E-state index is 0.295. The van der Waals surface area contributed by atoms with E-state index in [9.17, 15) is 5.11 Å². The molecule has 17 heavy (non-hydrogen) atoms. The van der Waals surface area contributed by atoms with Gasteiger partial charge in [0.15, 0.2) is 0 Å². The van der Waals surface area contributed by atoms with E-state index in [0.717, 1.165) is 30.8 Å². The molecule has 1 unspecified atom stereocenters. The van der Waals surface area contributed by atoms with Crippen LogP contribution in [-0.4, -0.2) is 24.9 Å². The van der Waals surface area contributed by atoms with Crippen molar-refractivity contribution < 1.29 is 14.6 Å². The predicted molar refractivity (Wildman–Crippen MR) is 66.3 cm³/mol. The summed E-state index contributed by atoms with van der Waals surface area (Å²) in [6.45, 7) is 5.33. The molecule has 3 nitrogen and oxygen atoms in total. The lowest BCUT2D eigenvalue weighted by Crippen LogP contribution is -2.29. The van der Waals surface area contributed by atoms with E-state index in [0.29, 0.717) is 13.2 Å².